The molecule has 0 amide bonds. The van der Waals surface area contributed by atoms with Gasteiger partial charge < -0.3 is 5.32 Å². The summed E-state index contributed by atoms with van der Waals surface area (Å²) in [6.07, 6.45) is 2.51. The van der Waals surface area contributed by atoms with Crippen molar-refractivity contribution in [1.82, 2.24) is 9.55 Å². The molecule has 1 aromatic carbocycles. The lowest BCUT2D eigenvalue weighted by Gasteiger charge is -2.20. The maximum absolute atomic E-state index is 13.8. The number of halogens is 1. The second-order valence-corrected chi connectivity index (χ2v) is 4.26. The van der Waals surface area contributed by atoms with Gasteiger partial charge in [-0.25, -0.2) is 9.37 Å². The molecule has 0 fully saturated rings. The quantitative estimate of drug-likeness (QED) is 0.806. The maximum atomic E-state index is 13.8. The molecular weight excluding hydrogens is 231 g/mol. The van der Waals surface area contributed by atoms with Crippen molar-refractivity contribution in [2.45, 2.75) is 13.0 Å². The van der Waals surface area contributed by atoms with E-state index >= 15 is 0 Å². The summed E-state index contributed by atoms with van der Waals surface area (Å²) in [6, 6.07) is 6.48. The zero-order chi connectivity index (χ0) is 12.5. The van der Waals surface area contributed by atoms with Crippen molar-refractivity contribution in [1.29, 1.82) is 5.41 Å². The largest absolute Gasteiger partial charge is 0.356 e. The van der Waals surface area contributed by atoms with Gasteiger partial charge in [0, 0.05) is 30.4 Å². The first-order valence-electron chi connectivity index (χ1n) is 5.90. The zero-order valence-electron chi connectivity index (χ0n) is 9.78. The van der Waals surface area contributed by atoms with E-state index in [1.807, 2.05) is 0 Å². The van der Waals surface area contributed by atoms with Gasteiger partial charge in [0.2, 0.25) is 5.95 Å². The third-order valence-corrected chi connectivity index (χ3v) is 3.10. The van der Waals surface area contributed by atoms with Crippen LogP contribution in [-0.2, 0) is 6.54 Å². The number of rotatable bonds is 1. The van der Waals surface area contributed by atoms with E-state index in [2.05, 4.69) is 10.3 Å². The van der Waals surface area contributed by atoms with Crippen LogP contribution in [0.25, 0.3) is 11.1 Å². The molecule has 92 valence electrons. The Morgan fingerprint density at radius 3 is 2.94 bits per heavy atom. The van der Waals surface area contributed by atoms with Gasteiger partial charge in [-0.05, 0) is 12.5 Å². The molecule has 3 rings (SSSR count). The Labute approximate surface area is 104 Å². The predicted molar refractivity (Wildman–Crippen MR) is 66.6 cm³/mol. The molecule has 0 radical (unpaired) electrons. The second kappa shape index (κ2) is 4.25. The summed E-state index contributed by atoms with van der Waals surface area (Å²) in [5.74, 6) is 0.364. The van der Waals surface area contributed by atoms with Crippen LogP contribution in [0.15, 0.2) is 30.5 Å². The number of aromatic nitrogens is 2. The molecule has 1 aromatic heterocycles. The molecule has 1 aliphatic rings. The van der Waals surface area contributed by atoms with Crippen molar-refractivity contribution in [3.8, 4) is 11.1 Å². The van der Waals surface area contributed by atoms with Gasteiger partial charge in [0.15, 0.2) is 0 Å². The lowest BCUT2D eigenvalue weighted by molar-refractivity contribution is 0.583. The smallest absolute Gasteiger partial charge is 0.204 e. The zero-order valence-corrected chi connectivity index (χ0v) is 9.78. The van der Waals surface area contributed by atoms with Crippen LogP contribution in [0, 0.1) is 11.2 Å². The number of anilines is 1. The molecule has 0 aliphatic carbocycles. The van der Waals surface area contributed by atoms with Crippen LogP contribution in [0.3, 0.4) is 0 Å². The highest BCUT2D eigenvalue weighted by Gasteiger charge is 2.14. The average Bonchev–Trinajstić information content (AvgIpc) is 2.41. The van der Waals surface area contributed by atoms with Crippen LogP contribution in [0.5, 0.6) is 0 Å². The Morgan fingerprint density at radius 2 is 2.11 bits per heavy atom. The summed E-state index contributed by atoms with van der Waals surface area (Å²) in [4.78, 5) is 4.26. The van der Waals surface area contributed by atoms with Crippen molar-refractivity contribution in [3.05, 3.63) is 41.8 Å². The van der Waals surface area contributed by atoms with E-state index in [0.29, 0.717) is 22.6 Å². The number of fused-ring (bicyclic) bond motifs is 1. The Bertz CT molecular complexity index is 648. The SMILES string of the molecule is N=c1c(-c2ccccc2F)cnc2n1CCCN2. The van der Waals surface area contributed by atoms with E-state index in [4.69, 9.17) is 5.41 Å². The van der Waals surface area contributed by atoms with E-state index in [0.717, 1.165) is 19.5 Å². The monoisotopic (exact) mass is 244 g/mol. The van der Waals surface area contributed by atoms with Crippen LogP contribution in [-0.4, -0.2) is 16.1 Å². The first-order chi connectivity index (χ1) is 8.77. The van der Waals surface area contributed by atoms with Gasteiger partial charge in [0.25, 0.3) is 0 Å². The molecule has 2 aromatic rings. The summed E-state index contributed by atoms with van der Waals surface area (Å²) >= 11 is 0. The van der Waals surface area contributed by atoms with E-state index < -0.39 is 0 Å². The van der Waals surface area contributed by atoms with Crippen LogP contribution in [0.1, 0.15) is 6.42 Å². The van der Waals surface area contributed by atoms with Crippen LogP contribution >= 0.6 is 0 Å². The molecule has 0 bridgehead atoms. The summed E-state index contributed by atoms with van der Waals surface area (Å²) in [7, 11) is 0. The molecular formula is C13H13FN4. The fourth-order valence-corrected chi connectivity index (χ4v) is 2.18. The van der Waals surface area contributed by atoms with Gasteiger partial charge in [-0.2, -0.15) is 0 Å². The van der Waals surface area contributed by atoms with E-state index in [9.17, 15) is 4.39 Å². The molecule has 2 heterocycles. The number of hydrogen-bond donors (Lipinski definition) is 2. The first kappa shape index (κ1) is 11.0. The standard InChI is InChI=1S/C13H13FN4/c14-11-5-2-1-4-9(11)10-8-17-13-16-6-3-7-18(13)12(10)15/h1-2,4-5,8,15H,3,6-7H2,(H,16,17). The van der Waals surface area contributed by atoms with Crippen molar-refractivity contribution in [3.63, 3.8) is 0 Å². The Kier molecular flexibility index (Phi) is 2.59. The first-order valence-corrected chi connectivity index (χ1v) is 5.90. The van der Waals surface area contributed by atoms with E-state index in [1.165, 1.54) is 6.07 Å². The summed E-state index contributed by atoms with van der Waals surface area (Å²) in [6.45, 7) is 1.61. The molecule has 4 nitrogen and oxygen atoms in total. The fourth-order valence-electron chi connectivity index (χ4n) is 2.18. The summed E-state index contributed by atoms with van der Waals surface area (Å²) in [5, 5.41) is 11.3. The highest BCUT2D eigenvalue weighted by atomic mass is 19.1. The molecule has 5 heteroatoms. The normalized spacial score (nSPS) is 13.8. The van der Waals surface area contributed by atoms with Crippen LogP contribution in [0.4, 0.5) is 10.3 Å². The summed E-state index contributed by atoms with van der Waals surface area (Å²) in [5.41, 5.74) is 1.26. The second-order valence-electron chi connectivity index (χ2n) is 4.26. The molecule has 0 saturated carbocycles. The van der Waals surface area contributed by atoms with Crippen molar-refractivity contribution in [2.75, 3.05) is 11.9 Å². The molecule has 1 aliphatic heterocycles. The van der Waals surface area contributed by atoms with Crippen LogP contribution in [0.2, 0.25) is 0 Å². The highest BCUT2D eigenvalue weighted by molar-refractivity contribution is 5.62. The minimum Gasteiger partial charge on any atom is -0.356 e. The Hall–Kier alpha value is -2.17. The lowest BCUT2D eigenvalue weighted by Crippen LogP contribution is -2.31. The van der Waals surface area contributed by atoms with Gasteiger partial charge in [0.1, 0.15) is 11.3 Å². The molecule has 0 unspecified atom stereocenters. The van der Waals surface area contributed by atoms with Crippen molar-refractivity contribution >= 4 is 5.95 Å². The Balaban J connectivity index is 2.20. The molecule has 0 saturated heterocycles. The summed E-state index contributed by atoms with van der Waals surface area (Å²) < 4.78 is 15.5. The molecule has 0 spiro atoms. The number of hydrogen-bond acceptors (Lipinski definition) is 3. The van der Waals surface area contributed by atoms with Crippen LogP contribution < -0.4 is 10.8 Å². The number of nitrogens with zero attached hydrogens (tertiary/aromatic N) is 2. The van der Waals surface area contributed by atoms with Crippen molar-refractivity contribution in [2.24, 2.45) is 0 Å². The third-order valence-electron chi connectivity index (χ3n) is 3.10. The topological polar surface area (TPSA) is 53.7 Å². The maximum Gasteiger partial charge on any atom is 0.204 e. The van der Waals surface area contributed by atoms with Gasteiger partial charge in [-0.1, -0.05) is 18.2 Å². The minimum absolute atomic E-state index is 0.303. The van der Waals surface area contributed by atoms with E-state index in [-0.39, 0.29) is 5.82 Å². The third kappa shape index (κ3) is 1.68. The highest BCUT2D eigenvalue weighted by Crippen LogP contribution is 2.20. The average molecular weight is 244 g/mol. The minimum atomic E-state index is -0.322. The van der Waals surface area contributed by atoms with Crippen molar-refractivity contribution < 1.29 is 4.39 Å². The van der Waals surface area contributed by atoms with Gasteiger partial charge in [-0.3, -0.25) is 9.98 Å². The van der Waals surface area contributed by atoms with E-state index in [1.54, 1.807) is 29.0 Å². The molecule has 0 atom stereocenters. The van der Waals surface area contributed by atoms with Gasteiger partial charge in [0.05, 0.1) is 0 Å². The number of nitrogens with one attached hydrogen (secondary N) is 2. The predicted octanol–water partition coefficient (Wildman–Crippen LogP) is 1.98. The van der Waals surface area contributed by atoms with Gasteiger partial charge in [-0.15, -0.1) is 0 Å². The lowest BCUT2D eigenvalue weighted by atomic mass is 10.1. The molecule has 18 heavy (non-hydrogen) atoms. The van der Waals surface area contributed by atoms with Gasteiger partial charge >= 0.3 is 0 Å². The number of benzene rings is 1. The Morgan fingerprint density at radius 1 is 1.28 bits per heavy atom. The molecule has 2 N–H and O–H groups in total. The fraction of sp³-hybridized carbons (Fsp3) is 0.231.